The molecule has 0 fully saturated rings. The summed E-state index contributed by atoms with van der Waals surface area (Å²) >= 11 is 0. The van der Waals surface area contributed by atoms with Gasteiger partial charge in [-0.1, -0.05) is 12.1 Å². The Balaban J connectivity index is 2.22. The summed E-state index contributed by atoms with van der Waals surface area (Å²) in [5, 5.41) is 18.3. The molecule has 4 heteroatoms. The van der Waals surface area contributed by atoms with Gasteiger partial charge in [0.05, 0.1) is 13.2 Å². The molecule has 0 unspecified atom stereocenters. The van der Waals surface area contributed by atoms with E-state index in [1.54, 1.807) is 36.4 Å². The van der Waals surface area contributed by atoms with Crippen molar-refractivity contribution >= 4 is 11.6 Å². The summed E-state index contributed by atoms with van der Waals surface area (Å²) in [6, 6.07) is 9.50. The molecule has 2 N–H and O–H groups in total. The molecule has 0 aromatic heterocycles. The van der Waals surface area contributed by atoms with Gasteiger partial charge < -0.3 is 10.2 Å². The summed E-state index contributed by atoms with van der Waals surface area (Å²) < 4.78 is 0. The average Bonchev–Trinajstić information content (AvgIpc) is 2.51. The van der Waals surface area contributed by atoms with Crippen molar-refractivity contribution in [2.75, 3.05) is 0 Å². The minimum atomic E-state index is -0.227. The van der Waals surface area contributed by atoms with Gasteiger partial charge in [0, 0.05) is 22.3 Å². The standard InChI is InChI=1S/C16H12O4/c17-7-9-1-3-11-13(5-9)16(20)12-4-2-10(8-18)6-14(12)15(11)19/h1-6,17-18H,7-8H2. The molecule has 0 saturated heterocycles. The summed E-state index contributed by atoms with van der Waals surface area (Å²) in [6.45, 7) is -0.351. The van der Waals surface area contributed by atoms with Gasteiger partial charge in [0.1, 0.15) is 0 Å². The Morgan fingerprint density at radius 2 is 1.05 bits per heavy atom. The molecule has 2 aromatic carbocycles. The third kappa shape index (κ3) is 1.78. The first-order valence-electron chi connectivity index (χ1n) is 6.22. The maximum Gasteiger partial charge on any atom is 0.194 e. The normalized spacial score (nSPS) is 13.1. The number of carbonyl (C=O) groups is 2. The summed E-state index contributed by atoms with van der Waals surface area (Å²) in [6.07, 6.45) is 0. The highest BCUT2D eigenvalue weighted by atomic mass is 16.3. The Morgan fingerprint density at radius 1 is 0.650 bits per heavy atom. The number of benzene rings is 2. The summed E-state index contributed by atoms with van der Waals surface area (Å²) in [5.74, 6) is -0.455. The van der Waals surface area contributed by atoms with Crippen LogP contribution in [0.1, 0.15) is 43.0 Å². The number of carbonyl (C=O) groups excluding carboxylic acids is 2. The Bertz CT molecular complexity index is 668. The molecule has 4 nitrogen and oxygen atoms in total. The molecule has 3 rings (SSSR count). The van der Waals surface area contributed by atoms with Gasteiger partial charge in [0.15, 0.2) is 11.6 Å². The van der Waals surface area contributed by atoms with Crippen LogP contribution < -0.4 is 0 Å². The topological polar surface area (TPSA) is 74.6 Å². The maximum absolute atomic E-state index is 12.4. The van der Waals surface area contributed by atoms with Crippen molar-refractivity contribution in [2.45, 2.75) is 13.2 Å². The lowest BCUT2D eigenvalue weighted by molar-refractivity contribution is 0.0978. The molecule has 1 aliphatic rings. The van der Waals surface area contributed by atoms with Gasteiger partial charge >= 0.3 is 0 Å². The van der Waals surface area contributed by atoms with Gasteiger partial charge in [0.25, 0.3) is 0 Å². The van der Waals surface area contributed by atoms with Crippen LogP contribution in [-0.2, 0) is 13.2 Å². The minimum Gasteiger partial charge on any atom is -0.392 e. The lowest BCUT2D eigenvalue weighted by atomic mass is 9.82. The van der Waals surface area contributed by atoms with Crippen LogP contribution in [0.5, 0.6) is 0 Å². The van der Waals surface area contributed by atoms with Crippen molar-refractivity contribution in [1.82, 2.24) is 0 Å². The predicted molar refractivity (Wildman–Crippen MR) is 71.6 cm³/mol. The second-order valence-electron chi connectivity index (χ2n) is 4.73. The Morgan fingerprint density at radius 3 is 1.40 bits per heavy atom. The summed E-state index contributed by atoms with van der Waals surface area (Å²) in [4.78, 5) is 24.8. The predicted octanol–water partition coefficient (Wildman–Crippen LogP) is 1.45. The largest absolute Gasteiger partial charge is 0.392 e. The lowest BCUT2D eigenvalue weighted by Gasteiger charge is -2.18. The van der Waals surface area contributed by atoms with E-state index in [0.717, 1.165) is 0 Å². The van der Waals surface area contributed by atoms with Crippen LogP contribution in [0.4, 0.5) is 0 Å². The van der Waals surface area contributed by atoms with E-state index < -0.39 is 0 Å². The van der Waals surface area contributed by atoms with Gasteiger partial charge in [-0.3, -0.25) is 9.59 Å². The highest BCUT2D eigenvalue weighted by Gasteiger charge is 2.29. The molecule has 0 saturated carbocycles. The second-order valence-corrected chi connectivity index (χ2v) is 4.73. The van der Waals surface area contributed by atoms with Crippen LogP contribution in [0.25, 0.3) is 0 Å². The van der Waals surface area contributed by atoms with Crippen molar-refractivity contribution in [3.63, 3.8) is 0 Å². The van der Waals surface area contributed by atoms with Crippen LogP contribution in [-0.4, -0.2) is 21.8 Å². The Kier molecular flexibility index (Phi) is 2.97. The average molecular weight is 268 g/mol. The second kappa shape index (κ2) is 4.67. The van der Waals surface area contributed by atoms with E-state index in [1.165, 1.54) is 0 Å². The smallest absolute Gasteiger partial charge is 0.194 e. The van der Waals surface area contributed by atoms with E-state index in [-0.39, 0.29) is 24.8 Å². The summed E-state index contributed by atoms with van der Waals surface area (Å²) in [5.41, 5.74) is 2.53. The first-order chi connectivity index (χ1) is 9.65. The molecule has 0 spiro atoms. The Labute approximate surface area is 115 Å². The van der Waals surface area contributed by atoms with Crippen LogP contribution >= 0.6 is 0 Å². The first kappa shape index (κ1) is 12.7. The van der Waals surface area contributed by atoms with E-state index in [0.29, 0.717) is 33.4 Å². The fourth-order valence-electron chi connectivity index (χ4n) is 2.44. The lowest BCUT2D eigenvalue weighted by Crippen LogP contribution is -2.21. The first-order valence-corrected chi connectivity index (χ1v) is 6.22. The third-order valence-corrected chi connectivity index (χ3v) is 3.51. The van der Waals surface area contributed by atoms with Gasteiger partial charge in [-0.05, 0) is 35.4 Å². The van der Waals surface area contributed by atoms with Crippen LogP contribution in [0.15, 0.2) is 36.4 Å². The zero-order chi connectivity index (χ0) is 14.3. The molecule has 0 aliphatic heterocycles. The van der Waals surface area contributed by atoms with E-state index in [4.69, 9.17) is 10.2 Å². The van der Waals surface area contributed by atoms with Crippen molar-refractivity contribution < 1.29 is 19.8 Å². The maximum atomic E-state index is 12.4. The molecule has 0 atom stereocenters. The molecule has 1 aliphatic carbocycles. The van der Waals surface area contributed by atoms with E-state index in [1.807, 2.05) is 0 Å². The number of fused-ring (bicyclic) bond motifs is 2. The molecule has 0 bridgehead atoms. The summed E-state index contributed by atoms with van der Waals surface area (Å²) in [7, 11) is 0. The van der Waals surface area contributed by atoms with Crippen LogP contribution in [0.3, 0.4) is 0 Å². The monoisotopic (exact) mass is 268 g/mol. The van der Waals surface area contributed by atoms with Gasteiger partial charge in [-0.2, -0.15) is 0 Å². The van der Waals surface area contributed by atoms with Crippen molar-refractivity contribution in [1.29, 1.82) is 0 Å². The molecule has 0 heterocycles. The van der Waals surface area contributed by atoms with Crippen molar-refractivity contribution in [3.8, 4) is 0 Å². The number of aliphatic hydroxyl groups excluding tert-OH is 2. The zero-order valence-corrected chi connectivity index (χ0v) is 10.6. The highest BCUT2D eigenvalue weighted by Crippen LogP contribution is 2.28. The number of ketones is 2. The fourth-order valence-corrected chi connectivity index (χ4v) is 2.44. The molecule has 2 aromatic rings. The van der Waals surface area contributed by atoms with Crippen molar-refractivity contribution in [2.24, 2.45) is 0 Å². The molecule has 0 radical (unpaired) electrons. The fraction of sp³-hybridized carbons (Fsp3) is 0.125. The molecule has 100 valence electrons. The molecule has 20 heavy (non-hydrogen) atoms. The van der Waals surface area contributed by atoms with Crippen LogP contribution in [0, 0.1) is 0 Å². The zero-order valence-electron chi connectivity index (χ0n) is 10.6. The molecular weight excluding hydrogens is 256 g/mol. The Hall–Kier alpha value is -2.30. The highest BCUT2D eigenvalue weighted by molar-refractivity contribution is 6.28. The number of hydrogen-bond acceptors (Lipinski definition) is 4. The minimum absolute atomic E-state index is 0.176. The van der Waals surface area contributed by atoms with Gasteiger partial charge in [-0.25, -0.2) is 0 Å². The van der Waals surface area contributed by atoms with E-state index >= 15 is 0 Å². The van der Waals surface area contributed by atoms with E-state index in [2.05, 4.69) is 0 Å². The van der Waals surface area contributed by atoms with Gasteiger partial charge in [-0.15, -0.1) is 0 Å². The molecular formula is C16H12O4. The van der Waals surface area contributed by atoms with E-state index in [9.17, 15) is 9.59 Å². The van der Waals surface area contributed by atoms with Gasteiger partial charge in [0.2, 0.25) is 0 Å². The third-order valence-electron chi connectivity index (χ3n) is 3.51. The SMILES string of the molecule is O=C1c2ccc(CO)cc2C(=O)c2ccc(CO)cc21. The van der Waals surface area contributed by atoms with Crippen molar-refractivity contribution in [3.05, 3.63) is 69.8 Å². The molecule has 0 amide bonds. The number of rotatable bonds is 2. The quantitative estimate of drug-likeness (QED) is 0.737. The van der Waals surface area contributed by atoms with Crippen LogP contribution in [0.2, 0.25) is 0 Å². The number of hydrogen-bond donors (Lipinski definition) is 2. The number of aliphatic hydroxyl groups is 2.